The molecule has 4 heteroatoms. The topological polar surface area (TPSA) is 24.5 Å². The van der Waals surface area contributed by atoms with Crippen molar-refractivity contribution in [3.05, 3.63) is 34.3 Å². The lowest BCUT2D eigenvalue weighted by atomic mass is 10.1. The number of benzene rings is 1. The van der Waals surface area contributed by atoms with E-state index in [0.717, 1.165) is 37.7 Å². The minimum Gasteiger partial charge on any atom is -0.380 e. The largest absolute Gasteiger partial charge is 0.380 e. The van der Waals surface area contributed by atoms with Gasteiger partial charge in [0.15, 0.2) is 0 Å². The van der Waals surface area contributed by atoms with Gasteiger partial charge < -0.3 is 10.1 Å². The Morgan fingerprint density at radius 2 is 2.12 bits per heavy atom. The van der Waals surface area contributed by atoms with Gasteiger partial charge in [-0.1, -0.05) is 23.7 Å². The van der Waals surface area contributed by atoms with E-state index in [0.29, 0.717) is 6.61 Å². The number of hydrogen-bond acceptors (Lipinski definition) is 3. The van der Waals surface area contributed by atoms with Crippen molar-refractivity contribution in [3.8, 4) is 0 Å². The lowest BCUT2D eigenvalue weighted by Gasteiger charge is -2.28. The maximum Gasteiger partial charge on any atom is 0.0716 e. The molecule has 1 aromatic rings. The second kappa shape index (κ2) is 6.36. The van der Waals surface area contributed by atoms with E-state index in [9.17, 15) is 0 Å². The zero-order valence-electron chi connectivity index (χ0n) is 10.2. The molecule has 0 bridgehead atoms. The molecule has 0 spiro atoms. The first-order valence-electron chi connectivity index (χ1n) is 5.99. The number of rotatable bonds is 4. The van der Waals surface area contributed by atoms with Crippen LogP contribution < -0.4 is 5.32 Å². The summed E-state index contributed by atoms with van der Waals surface area (Å²) in [7, 11) is 1.72. The quantitative estimate of drug-likeness (QED) is 0.888. The highest BCUT2D eigenvalue weighted by Gasteiger charge is 2.14. The van der Waals surface area contributed by atoms with Gasteiger partial charge in [-0.15, -0.1) is 0 Å². The summed E-state index contributed by atoms with van der Waals surface area (Å²) in [5.41, 5.74) is 2.40. The van der Waals surface area contributed by atoms with Crippen LogP contribution in [0.2, 0.25) is 5.02 Å². The molecule has 2 rings (SSSR count). The number of ether oxygens (including phenoxy) is 1. The van der Waals surface area contributed by atoms with Crippen LogP contribution in [0.4, 0.5) is 0 Å². The van der Waals surface area contributed by atoms with Crippen molar-refractivity contribution < 1.29 is 4.74 Å². The van der Waals surface area contributed by atoms with Crippen LogP contribution in [0.25, 0.3) is 0 Å². The Balaban J connectivity index is 2.12. The van der Waals surface area contributed by atoms with E-state index in [1.165, 1.54) is 11.1 Å². The summed E-state index contributed by atoms with van der Waals surface area (Å²) in [5, 5.41) is 4.20. The zero-order chi connectivity index (χ0) is 12.1. The summed E-state index contributed by atoms with van der Waals surface area (Å²) in [6, 6.07) is 6.03. The molecule has 1 saturated heterocycles. The molecule has 17 heavy (non-hydrogen) atoms. The fraction of sp³-hybridized carbons (Fsp3) is 0.538. The molecule has 1 aliphatic heterocycles. The van der Waals surface area contributed by atoms with Crippen molar-refractivity contribution >= 4 is 11.6 Å². The molecule has 1 aromatic carbocycles. The molecule has 3 nitrogen and oxygen atoms in total. The van der Waals surface area contributed by atoms with E-state index in [-0.39, 0.29) is 0 Å². The fourth-order valence-electron chi connectivity index (χ4n) is 2.16. The van der Waals surface area contributed by atoms with E-state index < -0.39 is 0 Å². The molecular weight excluding hydrogens is 236 g/mol. The predicted molar refractivity (Wildman–Crippen MR) is 70.3 cm³/mol. The first-order valence-corrected chi connectivity index (χ1v) is 6.37. The highest BCUT2D eigenvalue weighted by Crippen LogP contribution is 2.22. The zero-order valence-corrected chi connectivity index (χ0v) is 11.0. The maximum absolute atomic E-state index is 6.29. The minimum atomic E-state index is 0.627. The third kappa shape index (κ3) is 3.42. The predicted octanol–water partition coefficient (Wildman–Crippen LogP) is 1.89. The second-order valence-electron chi connectivity index (χ2n) is 4.34. The minimum absolute atomic E-state index is 0.627. The van der Waals surface area contributed by atoms with Gasteiger partial charge >= 0.3 is 0 Å². The molecule has 0 unspecified atom stereocenters. The van der Waals surface area contributed by atoms with Crippen LogP contribution in [0, 0.1) is 0 Å². The Kier molecular flexibility index (Phi) is 4.80. The highest BCUT2D eigenvalue weighted by molar-refractivity contribution is 6.31. The van der Waals surface area contributed by atoms with Gasteiger partial charge in [0.25, 0.3) is 0 Å². The summed E-state index contributed by atoms with van der Waals surface area (Å²) in [5.74, 6) is 0. The number of halogens is 1. The van der Waals surface area contributed by atoms with E-state index in [4.69, 9.17) is 16.3 Å². The Morgan fingerprint density at radius 1 is 1.35 bits per heavy atom. The van der Waals surface area contributed by atoms with Crippen LogP contribution in [0.15, 0.2) is 18.2 Å². The second-order valence-corrected chi connectivity index (χ2v) is 4.74. The van der Waals surface area contributed by atoms with Crippen molar-refractivity contribution in [2.24, 2.45) is 0 Å². The molecule has 0 radical (unpaired) electrons. The third-order valence-electron chi connectivity index (χ3n) is 3.11. The molecule has 0 amide bonds. The standard InChI is InChI=1S/C13H19ClN2O/c1-17-10-11-3-2-4-13(14)12(11)9-16-7-5-15-6-8-16/h2-4,15H,5-10H2,1H3. The highest BCUT2D eigenvalue weighted by atomic mass is 35.5. The van der Waals surface area contributed by atoms with Gasteiger partial charge in [0.1, 0.15) is 0 Å². The summed E-state index contributed by atoms with van der Waals surface area (Å²) in [4.78, 5) is 2.43. The first-order chi connectivity index (χ1) is 8.31. The third-order valence-corrected chi connectivity index (χ3v) is 3.46. The van der Waals surface area contributed by atoms with Crippen LogP contribution in [0.5, 0.6) is 0 Å². The Bertz CT molecular complexity index is 364. The summed E-state index contributed by atoms with van der Waals surface area (Å²) >= 11 is 6.29. The van der Waals surface area contributed by atoms with Crippen LogP contribution in [0.1, 0.15) is 11.1 Å². The van der Waals surface area contributed by atoms with Crippen molar-refractivity contribution in [2.45, 2.75) is 13.2 Å². The lowest BCUT2D eigenvalue weighted by Crippen LogP contribution is -2.43. The average molecular weight is 255 g/mol. The molecule has 0 aromatic heterocycles. The molecule has 94 valence electrons. The van der Waals surface area contributed by atoms with E-state index in [1.54, 1.807) is 7.11 Å². The van der Waals surface area contributed by atoms with E-state index in [2.05, 4.69) is 16.3 Å². The van der Waals surface area contributed by atoms with Crippen molar-refractivity contribution in [3.63, 3.8) is 0 Å². The van der Waals surface area contributed by atoms with Gasteiger partial charge in [-0.3, -0.25) is 4.90 Å². The molecule has 0 atom stereocenters. The number of methoxy groups -OCH3 is 1. The van der Waals surface area contributed by atoms with Gasteiger partial charge in [0, 0.05) is 44.9 Å². The maximum atomic E-state index is 6.29. The molecule has 0 saturated carbocycles. The summed E-state index contributed by atoms with van der Waals surface area (Å²) in [6.45, 7) is 5.82. The van der Waals surface area contributed by atoms with Crippen molar-refractivity contribution in [1.29, 1.82) is 0 Å². The summed E-state index contributed by atoms with van der Waals surface area (Å²) < 4.78 is 5.22. The van der Waals surface area contributed by atoms with E-state index in [1.807, 2.05) is 12.1 Å². The normalized spacial score (nSPS) is 17.3. The van der Waals surface area contributed by atoms with Crippen LogP contribution >= 0.6 is 11.6 Å². The van der Waals surface area contributed by atoms with Crippen LogP contribution in [0.3, 0.4) is 0 Å². The fourth-order valence-corrected chi connectivity index (χ4v) is 2.42. The van der Waals surface area contributed by atoms with Crippen LogP contribution in [-0.2, 0) is 17.9 Å². The van der Waals surface area contributed by atoms with Gasteiger partial charge in [-0.2, -0.15) is 0 Å². The van der Waals surface area contributed by atoms with Crippen molar-refractivity contribution in [1.82, 2.24) is 10.2 Å². The SMILES string of the molecule is COCc1cccc(Cl)c1CN1CCNCC1. The smallest absolute Gasteiger partial charge is 0.0716 e. The Morgan fingerprint density at radius 3 is 2.82 bits per heavy atom. The molecule has 1 heterocycles. The van der Waals surface area contributed by atoms with Crippen LogP contribution in [-0.4, -0.2) is 38.2 Å². The van der Waals surface area contributed by atoms with Crippen molar-refractivity contribution in [2.75, 3.05) is 33.3 Å². The van der Waals surface area contributed by atoms with Gasteiger partial charge in [-0.05, 0) is 17.2 Å². The lowest BCUT2D eigenvalue weighted by molar-refractivity contribution is 0.181. The number of piperazine rings is 1. The Hall–Kier alpha value is -0.610. The van der Waals surface area contributed by atoms with Gasteiger partial charge in [0.2, 0.25) is 0 Å². The molecule has 0 aliphatic carbocycles. The van der Waals surface area contributed by atoms with Gasteiger partial charge in [-0.25, -0.2) is 0 Å². The molecule has 1 fully saturated rings. The molecule has 1 N–H and O–H groups in total. The first kappa shape index (κ1) is 12.8. The summed E-state index contributed by atoms with van der Waals surface area (Å²) in [6.07, 6.45) is 0. The van der Waals surface area contributed by atoms with Gasteiger partial charge in [0.05, 0.1) is 6.61 Å². The molecular formula is C13H19ClN2O. The number of nitrogens with zero attached hydrogens (tertiary/aromatic N) is 1. The number of hydrogen-bond donors (Lipinski definition) is 1. The Labute approximate surface area is 108 Å². The van der Waals surface area contributed by atoms with E-state index >= 15 is 0 Å². The average Bonchev–Trinajstić information content (AvgIpc) is 2.35. The molecule has 1 aliphatic rings. The number of nitrogens with one attached hydrogen (secondary N) is 1. The monoisotopic (exact) mass is 254 g/mol.